The van der Waals surface area contributed by atoms with E-state index < -0.39 is 26.2 Å². The van der Waals surface area contributed by atoms with E-state index in [1.54, 1.807) is 13.0 Å². The average molecular weight is 355 g/mol. The van der Waals surface area contributed by atoms with E-state index in [0.717, 1.165) is 6.20 Å². The van der Waals surface area contributed by atoms with E-state index in [4.69, 9.17) is 9.47 Å². The van der Waals surface area contributed by atoms with Crippen LogP contribution in [0, 0.1) is 0 Å². The monoisotopic (exact) mass is 355 g/mol. The summed E-state index contributed by atoms with van der Waals surface area (Å²) in [4.78, 5) is 26.0. The average Bonchev–Trinajstić information content (AvgIpc) is 2.49. The van der Waals surface area contributed by atoms with Gasteiger partial charge in [0.05, 0.1) is 18.9 Å². The van der Waals surface area contributed by atoms with Crippen LogP contribution in [0.4, 0.5) is 5.69 Å². The third-order valence-corrected chi connectivity index (χ3v) is 4.26. The van der Waals surface area contributed by atoms with Crippen LogP contribution in [0.5, 0.6) is 11.5 Å². The predicted octanol–water partition coefficient (Wildman–Crippen LogP) is 0.661. The number of ether oxygens (including phenoxy) is 2. The van der Waals surface area contributed by atoms with Crippen LogP contribution in [0.25, 0.3) is 0 Å². The van der Waals surface area contributed by atoms with Crippen molar-refractivity contribution in [2.24, 2.45) is 0 Å². The van der Waals surface area contributed by atoms with Gasteiger partial charge in [-0.2, -0.15) is 0 Å². The molecule has 2 aromatic rings. The van der Waals surface area contributed by atoms with Gasteiger partial charge < -0.3 is 14.5 Å². The Hall–Kier alpha value is -2.75. The number of hydrogen-bond acceptors (Lipinski definition) is 6. The van der Waals surface area contributed by atoms with Crippen molar-refractivity contribution in [3.8, 4) is 11.5 Å². The van der Waals surface area contributed by atoms with Gasteiger partial charge in [-0.25, -0.2) is 13.2 Å². The number of aromatic nitrogens is 2. The quantitative estimate of drug-likeness (QED) is 0.669. The van der Waals surface area contributed by atoms with Crippen molar-refractivity contribution in [3.63, 3.8) is 0 Å². The lowest BCUT2D eigenvalue weighted by atomic mass is 10.3. The van der Waals surface area contributed by atoms with Crippen LogP contribution in [0.15, 0.2) is 38.9 Å². The fraction of sp³-hybridized carbons (Fsp3) is 0.286. The SMILES string of the molecule is CCOc1ccc(NS(=O)(=O)c2c[nH]c(=O)[nH]c2=O)cc1OCC. The summed E-state index contributed by atoms with van der Waals surface area (Å²) in [5.41, 5.74) is -1.62. The number of benzene rings is 1. The summed E-state index contributed by atoms with van der Waals surface area (Å²) in [5, 5.41) is 0. The molecule has 130 valence electrons. The Morgan fingerprint density at radius 1 is 1.08 bits per heavy atom. The highest BCUT2D eigenvalue weighted by molar-refractivity contribution is 7.92. The molecule has 0 bridgehead atoms. The van der Waals surface area contributed by atoms with Crippen molar-refractivity contribution in [2.45, 2.75) is 18.7 Å². The van der Waals surface area contributed by atoms with E-state index in [-0.39, 0.29) is 5.69 Å². The molecule has 9 nitrogen and oxygen atoms in total. The number of H-pyrrole nitrogens is 2. The van der Waals surface area contributed by atoms with Gasteiger partial charge in [0.15, 0.2) is 16.4 Å². The minimum absolute atomic E-state index is 0.188. The van der Waals surface area contributed by atoms with E-state index in [2.05, 4.69) is 9.71 Å². The minimum Gasteiger partial charge on any atom is -0.490 e. The summed E-state index contributed by atoms with van der Waals surface area (Å²) in [5.74, 6) is 0.846. The zero-order valence-electron chi connectivity index (χ0n) is 13.1. The van der Waals surface area contributed by atoms with Gasteiger partial charge in [-0.3, -0.25) is 14.5 Å². The molecule has 0 fully saturated rings. The molecule has 0 aliphatic heterocycles. The van der Waals surface area contributed by atoms with E-state index in [9.17, 15) is 18.0 Å². The molecule has 1 heterocycles. The lowest BCUT2D eigenvalue weighted by Crippen LogP contribution is -2.29. The maximum absolute atomic E-state index is 12.3. The summed E-state index contributed by atoms with van der Waals surface area (Å²) in [6, 6.07) is 4.49. The van der Waals surface area contributed by atoms with Crippen molar-refractivity contribution >= 4 is 15.7 Å². The number of aromatic amines is 2. The van der Waals surface area contributed by atoms with Gasteiger partial charge >= 0.3 is 5.69 Å². The molecule has 0 saturated carbocycles. The van der Waals surface area contributed by atoms with Gasteiger partial charge in [-0.15, -0.1) is 0 Å². The van der Waals surface area contributed by atoms with Gasteiger partial charge in [0.25, 0.3) is 15.6 Å². The molecule has 3 N–H and O–H groups in total. The second-order valence-corrected chi connectivity index (χ2v) is 6.22. The Morgan fingerprint density at radius 2 is 1.75 bits per heavy atom. The number of rotatable bonds is 7. The highest BCUT2D eigenvalue weighted by Crippen LogP contribution is 2.31. The van der Waals surface area contributed by atoms with Crippen molar-refractivity contribution in [3.05, 3.63) is 45.2 Å². The molecule has 1 aromatic heterocycles. The number of hydrogen-bond donors (Lipinski definition) is 3. The van der Waals surface area contributed by atoms with E-state index >= 15 is 0 Å². The molecule has 0 radical (unpaired) electrons. The Morgan fingerprint density at radius 3 is 2.38 bits per heavy atom. The summed E-state index contributed by atoms with van der Waals surface area (Å²) in [6.45, 7) is 4.40. The highest BCUT2D eigenvalue weighted by atomic mass is 32.2. The lowest BCUT2D eigenvalue weighted by molar-refractivity contribution is 0.288. The van der Waals surface area contributed by atoms with Gasteiger partial charge in [-0.05, 0) is 26.0 Å². The summed E-state index contributed by atoms with van der Waals surface area (Å²) >= 11 is 0. The second kappa shape index (κ2) is 7.21. The van der Waals surface area contributed by atoms with Crippen LogP contribution in [0.1, 0.15) is 13.8 Å². The number of anilines is 1. The Kier molecular flexibility index (Phi) is 5.29. The zero-order valence-corrected chi connectivity index (χ0v) is 13.9. The van der Waals surface area contributed by atoms with Gasteiger partial charge in [-0.1, -0.05) is 0 Å². The molecular weight excluding hydrogens is 338 g/mol. The topological polar surface area (TPSA) is 130 Å². The highest BCUT2D eigenvalue weighted by Gasteiger charge is 2.19. The van der Waals surface area contributed by atoms with E-state index in [1.165, 1.54) is 12.1 Å². The molecule has 2 rings (SSSR count). The van der Waals surface area contributed by atoms with Crippen LogP contribution in [0.2, 0.25) is 0 Å². The normalized spacial score (nSPS) is 11.1. The lowest BCUT2D eigenvalue weighted by Gasteiger charge is -2.13. The molecule has 1 aromatic carbocycles. The largest absolute Gasteiger partial charge is 0.490 e. The maximum atomic E-state index is 12.3. The zero-order chi connectivity index (χ0) is 17.7. The molecular formula is C14H17N3O6S. The fourth-order valence-electron chi connectivity index (χ4n) is 1.92. The summed E-state index contributed by atoms with van der Waals surface area (Å²) in [6.07, 6.45) is 0.835. The molecule has 0 atom stereocenters. The molecule has 10 heteroatoms. The van der Waals surface area contributed by atoms with Crippen LogP contribution >= 0.6 is 0 Å². The van der Waals surface area contributed by atoms with E-state index in [0.29, 0.717) is 24.7 Å². The minimum atomic E-state index is -4.18. The van der Waals surface area contributed by atoms with Crippen molar-refractivity contribution in [1.82, 2.24) is 9.97 Å². The first kappa shape index (κ1) is 17.6. The Labute approximate surface area is 137 Å². The first-order chi connectivity index (χ1) is 11.4. The van der Waals surface area contributed by atoms with Crippen molar-refractivity contribution < 1.29 is 17.9 Å². The summed E-state index contributed by atoms with van der Waals surface area (Å²) in [7, 11) is -4.18. The second-order valence-electron chi connectivity index (χ2n) is 4.57. The van der Waals surface area contributed by atoms with Crippen molar-refractivity contribution in [1.29, 1.82) is 0 Å². The van der Waals surface area contributed by atoms with Gasteiger partial charge in [0, 0.05) is 12.3 Å². The van der Waals surface area contributed by atoms with Gasteiger partial charge in [0.1, 0.15) is 0 Å². The fourth-order valence-corrected chi connectivity index (χ4v) is 2.98. The molecule has 0 aliphatic carbocycles. The first-order valence-corrected chi connectivity index (χ1v) is 8.60. The Balaban J connectivity index is 2.37. The maximum Gasteiger partial charge on any atom is 0.325 e. The standard InChI is InChI=1S/C14H17N3O6S/c1-3-22-10-6-5-9(7-11(10)23-4-2)17-24(20,21)12-8-15-14(19)16-13(12)18/h5-8,17H,3-4H2,1-2H3,(H2,15,16,18,19). The molecule has 0 spiro atoms. The molecule has 0 unspecified atom stereocenters. The number of sulfonamides is 1. The molecule has 0 amide bonds. The summed E-state index contributed by atoms with van der Waals surface area (Å²) < 4.78 is 37.6. The smallest absolute Gasteiger partial charge is 0.325 e. The molecule has 0 saturated heterocycles. The molecule has 0 aliphatic rings. The van der Waals surface area contributed by atoms with Crippen LogP contribution in [-0.4, -0.2) is 31.6 Å². The third-order valence-electron chi connectivity index (χ3n) is 2.87. The number of nitrogens with one attached hydrogen (secondary N) is 3. The van der Waals surface area contributed by atoms with E-state index in [1.807, 2.05) is 11.9 Å². The molecule has 24 heavy (non-hydrogen) atoms. The van der Waals surface area contributed by atoms with Crippen LogP contribution in [-0.2, 0) is 10.0 Å². The van der Waals surface area contributed by atoms with Gasteiger partial charge in [0.2, 0.25) is 0 Å². The predicted molar refractivity (Wildman–Crippen MR) is 87.3 cm³/mol. The van der Waals surface area contributed by atoms with Crippen LogP contribution < -0.4 is 25.4 Å². The third kappa shape index (κ3) is 3.96. The van der Waals surface area contributed by atoms with Crippen molar-refractivity contribution in [2.75, 3.05) is 17.9 Å². The first-order valence-electron chi connectivity index (χ1n) is 7.12. The van der Waals surface area contributed by atoms with Crippen LogP contribution in [0.3, 0.4) is 0 Å². The Bertz CT molecular complexity index is 932.